The number of unbranched alkanes of at least 4 members (excludes halogenated alkanes) is 29. The third kappa shape index (κ3) is 29.6. The fourth-order valence-electron chi connectivity index (χ4n) is 8.22. The summed E-state index contributed by atoms with van der Waals surface area (Å²) in [6.07, 6.45) is 39.3. The summed E-state index contributed by atoms with van der Waals surface area (Å²) in [6, 6.07) is -0.948. The second-order valence-electron chi connectivity index (χ2n) is 17.8. The zero-order valence-electron chi connectivity index (χ0n) is 38.2. The van der Waals surface area contributed by atoms with Crippen LogP contribution in [0, 0.1) is 0 Å². The van der Waals surface area contributed by atoms with Gasteiger partial charge in [0.05, 0.1) is 18.8 Å². The minimum Gasteiger partial charge on any atom is -0.394 e. The highest BCUT2D eigenvalue weighted by molar-refractivity contribution is 5.76. The molecule has 0 radical (unpaired) electrons. The molecule has 9 nitrogen and oxygen atoms in total. The number of nitrogens with one attached hydrogen (secondary N) is 1. The Hall–Kier alpha value is -1.33. The van der Waals surface area contributed by atoms with Crippen LogP contribution in [0.5, 0.6) is 0 Å². The van der Waals surface area contributed by atoms with Crippen LogP contribution in [-0.2, 0) is 9.53 Å². The first-order valence-corrected chi connectivity index (χ1v) is 25.1. The molecule has 1 saturated heterocycles. The maximum Gasteiger partial charge on any atom is 0.220 e. The topological polar surface area (TPSA) is 160 Å². The fourth-order valence-corrected chi connectivity index (χ4v) is 8.22. The highest BCUT2D eigenvalue weighted by Crippen LogP contribution is 2.23. The van der Waals surface area contributed by atoms with Crippen molar-refractivity contribution in [3.8, 4) is 0 Å². The molecule has 1 amide bonds. The van der Waals surface area contributed by atoms with Gasteiger partial charge in [-0.25, -0.2) is 0 Å². The number of hydrogen-bond acceptors (Lipinski definition) is 8. The van der Waals surface area contributed by atoms with Crippen LogP contribution < -0.4 is 5.32 Å². The number of aliphatic hydroxyl groups is 6. The van der Waals surface area contributed by atoms with Crippen molar-refractivity contribution >= 4 is 5.91 Å². The van der Waals surface area contributed by atoms with Crippen LogP contribution in [0.15, 0.2) is 24.3 Å². The SMILES string of the molecule is CCCCCCCCCCCCCCCCCCC=CCCCCCCCCC(=O)N[C@@H](C=C[C@H]1OC(CO)[C@H](O)[C@H](O)C1O)[C@H](O)[C@H](O)CCCCCCCCCC. The maximum atomic E-state index is 13.0. The number of allylic oxidation sites excluding steroid dienone is 2. The lowest BCUT2D eigenvalue weighted by molar-refractivity contribution is -0.216. The molecular formula is C50H95NO8. The van der Waals surface area contributed by atoms with Crippen LogP contribution in [0.25, 0.3) is 0 Å². The second kappa shape index (κ2) is 39.5. The molecule has 0 spiro atoms. The van der Waals surface area contributed by atoms with Crippen LogP contribution in [0.1, 0.15) is 232 Å². The third-order valence-electron chi connectivity index (χ3n) is 12.3. The smallest absolute Gasteiger partial charge is 0.220 e. The number of amides is 1. The Morgan fingerprint density at radius 3 is 1.41 bits per heavy atom. The lowest BCUT2D eigenvalue weighted by Gasteiger charge is -2.39. The van der Waals surface area contributed by atoms with E-state index in [9.17, 15) is 35.4 Å². The molecule has 8 atom stereocenters. The zero-order chi connectivity index (χ0) is 43.2. The summed E-state index contributed by atoms with van der Waals surface area (Å²) in [4.78, 5) is 13.0. The molecule has 0 aromatic carbocycles. The zero-order valence-corrected chi connectivity index (χ0v) is 38.2. The van der Waals surface area contributed by atoms with Crippen LogP contribution in [-0.4, -0.2) is 91.9 Å². The number of carbonyl (C=O) groups excluding carboxylic acids is 1. The van der Waals surface area contributed by atoms with Crippen molar-refractivity contribution in [2.24, 2.45) is 0 Å². The van der Waals surface area contributed by atoms with Crippen molar-refractivity contribution in [1.82, 2.24) is 5.32 Å². The fraction of sp³-hybridized carbons (Fsp3) is 0.900. The van der Waals surface area contributed by atoms with Gasteiger partial charge in [-0.2, -0.15) is 0 Å². The molecule has 59 heavy (non-hydrogen) atoms. The van der Waals surface area contributed by atoms with Gasteiger partial charge in [0.25, 0.3) is 0 Å². The van der Waals surface area contributed by atoms with E-state index in [4.69, 9.17) is 4.74 Å². The van der Waals surface area contributed by atoms with Crippen molar-refractivity contribution in [1.29, 1.82) is 0 Å². The van der Waals surface area contributed by atoms with E-state index in [2.05, 4.69) is 31.3 Å². The largest absolute Gasteiger partial charge is 0.394 e. The van der Waals surface area contributed by atoms with E-state index in [0.29, 0.717) is 12.8 Å². The van der Waals surface area contributed by atoms with Crippen LogP contribution in [0.4, 0.5) is 0 Å². The summed E-state index contributed by atoms with van der Waals surface area (Å²) in [6.45, 7) is 3.93. The van der Waals surface area contributed by atoms with Gasteiger partial charge >= 0.3 is 0 Å². The van der Waals surface area contributed by atoms with E-state index in [-0.39, 0.29) is 5.91 Å². The molecule has 1 aliphatic rings. The first kappa shape index (κ1) is 55.7. The lowest BCUT2D eigenvalue weighted by atomic mass is 9.93. The van der Waals surface area contributed by atoms with E-state index in [1.54, 1.807) is 0 Å². The molecule has 1 fully saturated rings. The molecule has 0 aromatic rings. The summed E-state index contributed by atoms with van der Waals surface area (Å²) < 4.78 is 5.58. The molecule has 0 aliphatic carbocycles. The van der Waals surface area contributed by atoms with E-state index in [0.717, 1.165) is 57.8 Å². The first-order valence-electron chi connectivity index (χ1n) is 25.1. The Balaban J connectivity index is 2.24. The summed E-state index contributed by atoms with van der Waals surface area (Å²) in [5.41, 5.74) is 0. The Bertz CT molecular complexity index is 992. The molecule has 0 saturated carbocycles. The predicted octanol–water partition coefficient (Wildman–Crippen LogP) is 10.5. The Morgan fingerprint density at radius 1 is 0.559 bits per heavy atom. The standard InChI is InChI=1S/C50H95NO8/c1-3-5-7-9-11-13-14-15-16-17-18-19-20-21-22-23-24-25-26-27-28-29-30-32-34-36-38-46(54)51-42(39-40-44-48(56)50(58)49(57)45(41-52)59-44)47(55)43(53)37-35-33-31-12-10-8-6-4-2/h25-26,39-40,42-45,47-50,52-53,55-58H,3-24,27-38,41H2,1-2H3,(H,51,54)/t42-,43+,44+,45?,47-,48?,49-,50+/m0/s1. The summed E-state index contributed by atoms with van der Waals surface area (Å²) in [5.74, 6) is -0.235. The van der Waals surface area contributed by atoms with Gasteiger partial charge in [-0.1, -0.05) is 212 Å². The molecule has 0 bridgehead atoms. The Labute approximate surface area is 362 Å². The minimum absolute atomic E-state index is 0.235. The molecule has 7 N–H and O–H groups in total. The number of carbonyl (C=O) groups is 1. The molecule has 1 heterocycles. The quantitative estimate of drug-likeness (QED) is 0.0237. The lowest BCUT2D eigenvalue weighted by Crippen LogP contribution is -2.58. The van der Waals surface area contributed by atoms with Crippen molar-refractivity contribution in [2.75, 3.05) is 6.61 Å². The number of rotatable bonds is 41. The van der Waals surface area contributed by atoms with Crippen LogP contribution in [0.2, 0.25) is 0 Å². The van der Waals surface area contributed by atoms with Gasteiger partial charge in [0.2, 0.25) is 5.91 Å². The van der Waals surface area contributed by atoms with E-state index in [1.165, 1.54) is 160 Å². The number of ether oxygens (including phenoxy) is 1. The maximum absolute atomic E-state index is 13.0. The molecule has 2 unspecified atom stereocenters. The Morgan fingerprint density at radius 2 is 0.966 bits per heavy atom. The average molecular weight is 838 g/mol. The second-order valence-corrected chi connectivity index (χ2v) is 17.8. The van der Waals surface area contributed by atoms with Gasteiger partial charge in [-0.15, -0.1) is 0 Å². The number of aliphatic hydroxyl groups excluding tert-OH is 6. The van der Waals surface area contributed by atoms with E-state index >= 15 is 0 Å². The number of hydrogen-bond donors (Lipinski definition) is 7. The van der Waals surface area contributed by atoms with Crippen molar-refractivity contribution in [2.45, 2.75) is 281 Å². The van der Waals surface area contributed by atoms with Crippen molar-refractivity contribution < 1.29 is 40.2 Å². The average Bonchev–Trinajstić information content (AvgIpc) is 3.23. The Kier molecular flexibility index (Phi) is 37.3. The molecule has 9 heteroatoms. The van der Waals surface area contributed by atoms with Crippen molar-refractivity contribution in [3.63, 3.8) is 0 Å². The van der Waals surface area contributed by atoms with Gasteiger partial charge in [-0.3, -0.25) is 4.79 Å². The molecule has 348 valence electrons. The van der Waals surface area contributed by atoms with Crippen molar-refractivity contribution in [3.05, 3.63) is 24.3 Å². The van der Waals surface area contributed by atoms with Gasteiger partial charge in [0.15, 0.2) is 0 Å². The van der Waals surface area contributed by atoms with Gasteiger partial charge in [0, 0.05) is 6.42 Å². The molecular weight excluding hydrogens is 743 g/mol. The third-order valence-corrected chi connectivity index (χ3v) is 12.3. The minimum atomic E-state index is -1.53. The summed E-state index contributed by atoms with van der Waals surface area (Å²) in [5, 5.41) is 65.2. The molecule has 0 aromatic heterocycles. The monoisotopic (exact) mass is 838 g/mol. The van der Waals surface area contributed by atoms with E-state index in [1.807, 2.05) is 0 Å². The first-order chi connectivity index (χ1) is 28.8. The van der Waals surface area contributed by atoms with E-state index < -0.39 is 55.4 Å². The normalized spacial score (nSPS) is 21.4. The molecule has 1 rings (SSSR count). The highest BCUT2D eigenvalue weighted by Gasteiger charge is 2.42. The van der Waals surface area contributed by atoms with Gasteiger partial charge in [-0.05, 0) is 38.5 Å². The summed E-state index contributed by atoms with van der Waals surface area (Å²) >= 11 is 0. The predicted molar refractivity (Wildman–Crippen MR) is 244 cm³/mol. The van der Waals surface area contributed by atoms with Gasteiger partial charge in [0.1, 0.15) is 36.6 Å². The summed E-state index contributed by atoms with van der Waals surface area (Å²) in [7, 11) is 0. The highest BCUT2D eigenvalue weighted by atomic mass is 16.5. The van der Waals surface area contributed by atoms with Gasteiger partial charge < -0.3 is 40.7 Å². The van der Waals surface area contributed by atoms with Crippen LogP contribution >= 0.6 is 0 Å². The molecule has 1 aliphatic heterocycles. The van der Waals surface area contributed by atoms with Crippen LogP contribution in [0.3, 0.4) is 0 Å².